The summed E-state index contributed by atoms with van der Waals surface area (Å²) in [6.07, 6.45) is 1.08. The molecule has 0 aliphatic heterocycles. The normalized spacial score (nSPS) is 12.5. The third kappa shape index (κ3) is 8.25. The van der Waals surface area contributed by atoms with E-state index < -0.39 is 28.5 Å². The molecule has 0 bridgehead atoms. The molecule has 1 atom stereocenters. The molecule has 0 saturated carbocycles. The molecule has 1 N–H and O–H groups in total. The van der Waals surface area contributed by atoms with Crippen LogP contribution in [0.15, 0.2) is 48.5 Å². The van der Waals surface area contributed by atoms with Crippen molar-refractivity contribution in [1.82, 2.24) is 10.2 Å². The zero-order valence-corrected chi connectivity index (χ0v) is 22.9. The van der Waals surface area contributed by atoms with Crippen molar-refractivity contribution in [3.63, 3.8) is 0 Å². The summed E-state index contributed by atoms with van der Waals surface area (Å²) in [6.45, 7) is 9.70. The number of carbonyl (C=O) groups excluding carboxylic acids is 2. The lowest BCUT2D eigenvalue weighted by atomic mass is 10.0. The number of carbonyl (C=O) groups is 2. The first-order valence-electron chi connectivity index (χ1n) is 11.7. The summed E-state index contributed by atoms with van der Waals surface area (Å²) in [5.74, 6) is -0.492. The maximum Gasteiger partial charge on any atom is 0.244 e. The SMILES string of the molecule is CC(C)CNC(=O)[C@@H](C)N(Cc1cccc(Cl)c1)C(=O)CN(c1ccccc1C(C)C)S(C)(=O)=O. The van der Waals surface area contributed by atoms with Gasteiger partial charge in [0.2, 0.25) is 21.8 Å². The topological polar surface area (TPSA) is 86.8 Å². The van der Waals surface area contributed by atoms with Gasteiger partial charge in [-0.1, -0.05) is 69.6 Å². The lowest BCUT2D eigenvalue weighted by Crippen LogP contribution is -2.51. The quantitative estimate of drug-likeness (QED) is 0.474. The monoisotopic (exact) mass is 521 g/mol. The van der Waals surface area contributed by atoms with Gasteiger partial charge in [0.15, 0.2) is 0 Å². The van der Waals surface area contributed by atoms with Gasteiger partial charge in [-0.3, -0.25) is 13.9 Å². The number of rotatable bonds is 11. The second-order valence-corrected chi connectivity index (χ2v) is 11.8. The number of nitrogens with one attached hydrogen (secondary N) is 1. The first-order chi connectivity index (χ1) is 16.3. The van der Waals surface area contributed by atoms with Gasteiger partial charge in [-0.2, -0.15) is 0 Å². The number of sulfonamides is 1. The molecule has 2 aromatic rings. The van der Waals surface area contributed by atoms with Gasteiger partial charge in [0.1, 0.15) is 12.6 Å². The summed E-state index contributed by atoms with van der Waals surface area (Å²) in [5.41, 5.74) is 2.01. The summed E-state index contributed by atoms with van der Waals surface area (Å²) in [5, 5.41) is 3.37. The van der Waals surface area contributed by atoms with Crippen molar-refractivity contribution in [1.29, 1.82) is 0 Å². The third-order valence-electron chi connectivity index (χ3n) is 5.60. The van der Waals surface area contributed by atoms with Crippen LogP contribution in [0.1, 0.15) is 51.7 Å². The van der Waals surface area contributed by atoms with Crippen LogP contribution in [0, 0.1) is 5.92 Å². The molecule has 0 saturated heterocycles. The standard InChI is InChI=1S/C26H36ClN3O4S/c1-18(2)15-28-26(32)20(5)29(16-21-10-9-11-22(27)14-21)25(31)17-30(35(6,33)34)24-13-8-7-12-23(24)19(3)4/h7-14,18-20H,15-17H2,1-6H3,(H,28,32)/t20-/m1/s1. The maximum absolute atomic E-state index is 13.6. The maximum atomic E-state index is 13.6. The molecular weight excluding hydrogens is 486 g/mol. The van der Waals surface area contributed by atoms with E-state index in [4.69, 9.17) is 11.6 Å². The number of benzene rings is 2. The van der Waals surface area contributed by atoms with Crippen LogP contribution in [-0.2, 0) is 26.2 Å². The Kier molecular flexibility index (Phi) is 10.2. The molecule has 0 heterocycles. The lowest BCUT2D eigenvalue weighted by Gasteiger charge is -2.32. The average Bonchev–Trinajstić information content (AvgIpc) is 2.78. The predicted octanol–water partition coefficient (Wildman–Crippen LogP) is 4.42. The first kappa shape index (κ1) is 28.7. The van der Waals surface area contributed by atoms with Crippen molar-refractivity contribution >= 4 is 39.1 Å². The van der Waals surface area contributed by atoms with Gasteiger partial charge in [-0.05, 0) is 48.1 Å². The highest BCUT2D eigenvalue weighted by Crippen LogP contribution is 2.29. The van der Waals surface area contributed by atoms with Crippen molar-refractivity contribution in [3.05, 3.63) is 64.7 Å². The number of anilines is 1. The van der Waals surface area contributed by atoms with E-state index >= 15 is 0 Å². The van der Waals surface area contributed by atoms with E-state index in [9.17, 15) is 18.0 Å². The second-order valence-electron chi connectivity index (χ2n) is 9.45. The van der Waals surface area contributed by atoms with Gasteiger partial charge < -0.3 is 10.2 Å². The van der Waals surface area contributed by atoms with E-state index in [0.717, 1.165) is 21.7 Å². The summed E-state index contributed by atoms with van der Waals surface area (Å²) < 4.78 is 26.7. The Hall–Kier alpha value is -2.58. The van der Waals surface area contributed by atoms with Gasteiger partial charge in [0.25, 0.3) is 0 Å². The lowest BCUT2D eigenvalue weighted by molar-refractivity contribution is -0.139. The van der Waals surface area contributed by atoms with Gasteiger partial charge >= 0.3 is 0 Å². The molecule has 7 nitrogen and oxygen atoms in total. The molecule has 2 amide bonds. The van der Waals surface area contributed by atoms with Crippen LogP contribution in [0.4, 0.5) is 5.69 Å². The zero-order valence-electron chi connectivity index (χ0n) is 21.3. The van der Waals surface area contributed by atoms with Gasteiger partial charge in [-0.25, -0.2) is 8.42 Å². The minimum absolute atomic E-state index is 0.0499. The zero-order chi connectivity index (χ0) is 26.3. The fraction of sp³-hybridized carbons (Fsp3) is 0.462. The summed E-state index contributed by atoms with van der Waals surface area (Å²) >= 11 is 6.14. The Morgan fingerprint density at radius 1 is 1.00 bits per heavy atom. The van der Waals surface area contributed by atoms with Gasteiger partial charge in [0.05, 0.1) is 11.9 Å². The van der Waals surface area contributed by atoms with Crippen LogP contribution in [0.2, 0.25) is 5.02 Å². The van der Waals surface area contributed by atoms with E-state index in [1.807, 2.05) is 45.9 Å². The minimum atomic E-state index is -3.79. The van der Waals surface area contributed by atoms with Crippen LogP contribution in [0.5, 0.6) is 0 Å². The fourth-order valence-corrected chi connectivity index (χ4v) is 4.75. The second kappa shape index (κ2) is 12.4. The van der Waals surface area contributed by atoms with Crippen molar-refractivity contribution in [2.45, 2.75) is 53.1 Å². The van der Waals surface area contributed by atoms with E-state index in [1.165, 1.54) is 4.90 Å². The average molecular weight is 522 g/mol. The number of para-hydroxylation sites is 1. The van der Waals surface area contributed by atoms with Crippen LogP contribution in [-0.4, -0.2) is 50.5 Å². The fourth-order valence-electron chi connectivity index (χ4n) is 3.66. The summed E-state index contributed by atoms with van der Waals surface area (Å²) in [7, 11) is -3.79. The Bertz CT molecular complexity index is 1130. The van der Waals surface area contributed by atoms with Crippen molar-refractivity contribution in [3.8, 4) is 0 Å². The Morgan fingerprint density at radius 3 is 2.23 bits per heavy atom. The molecule has 2 aromatic carbocycles. The molecule has 0 aliphatic rings. The van der Waals surface area contributed by atoms with Gasteiger partial charge in [-0.15, -0.1) is 0 Å². The molecule has 0 radical (unpaired) electrons. The summed E-state index contributed by atoms with van der Waals surface area (Å²) in [4.78, 5) is 27.9. The Balaban J connectivity index is 2.43. The smallest absolute Gasteiger partial charge is 0.244 e. The number of halogens is 1. The Morgan fingerprint density at radius 2 is 1.66 bits per heavy atom. The van der Waals surface area contributed by atoms with Crippen LogP contribution in [0.3, 0.4) is 0 Å². The van der Waals surface area contributed by atoms with Crippen LogP contribution >= 0.6 is 11.6 Å². The number of hydrogen-bond donors (Lipinski definition) is 1. The van der Waals surface area contributed by atoms with Crippen LogP contribution in [0.25, 0.3) is 0 Å². The molecule has 9 heteroatoms. The highest BCUT2D eigenvalue weighted by atomic mass is 35.5. The molecule has 0 unspecified atom stereocenters. The minimum Gasteiger partial charge on any atom is -0.354 e. The third-order valence-corrected chi connectivity index (χ3v) is 6.96. The predicted molar refractivity (Wildman–Crippen MR) is 142 cm³/mol. The number of nitrogens with zero attached hydrogens (tertiary/aromatic N) is 2. The molecule has 35 heavy (non-hydrogen) atoms. The number of hydrogen-bond acceptors (Lipinski definition) is 4. The summed E-state index contributed by atoms with van der Waals surface area (Å²) in [6, 6.07) is 13.4. The molecule has 192 valence electrons. The van der Waals surface area contributed by atoms with E-state index in [-0.39, 0.29) is 24.3 Å². The molecular formula is C26H36ClN3O4S. The number of amides is 2. The largest absolute Gasteiger partial charge is 0.354 e. The highest BCUT2D eigenvalue weighted by Gasteiger charge is 2.31. The van der Waals surface area contributed by atoms with Crippen LogP contribution < -0.4 is 9.62 Å². The van der Waals surface area contributed by atoms with Gasteiger partial charge in [0, 0.05) is 18.1 Å². The highest BCUT2D eigenvalue weighted by molar-refractivity contribution is 7.92. The van der Waals surface area contributed by atoms with E-state index in [0.29, 0.717) is 17.3 Å². The Labute approximate surface area is 214 Å². The van der Waals surface area contributed by atoms with Crippen molar-refractivity contribution in [2.24, 2.45) is 5.92 Å². The molecule has 0 fully saturated rings. The van der Waals surface area contributed by atoms with Crippen molar-refractivity contribution in [2.75, 3.05) is 23.7 Å². The van der Waals surface area contributed by atoms with E-state index in [1.54, 1.807) is 37.3 Å². The molecule has 0 aliphatic carbocycles. The molecule has 0 aromatic heterocycles. The first-order valence-corrected chi connectivity index (χ1v) is 13.9. The van der Waals surface area contributed by atoms with Crippen molar-refractivity contribution < 1.29 is 18.0 Å². The van der Waals surface area contributed by atoms with E-state index in [2.05, 4.69) is 5.32 Å². The molecule has 2 rings (SSSR count). The molecule has 0 spiro atoms.